The Balaban J connectivity index is 1.49. The number of allylic oxidation sites excluding steroid dienone is 1. The summed E-state index contributed by atoms with van der Waals surface area (Å²) in [7, 11) is 0. The fourth-order valence-corrected chi connectivity index (χ4v) is 4.63. The molecule has 4 aliphatic rings. The average Bonchev–Trinajstić information content (AvgIpc) is 2.47. The number of nitrogens with zero attached hydrogens (tertiary/aromatic N) is 2. The van der Waals surface area contributed by atoms with Gasteiger partial charge in [0, 0.05) is 43.5 Å². The van der Waals surface area contributed by atoms with Gasteiger partial charge in [-0.2, -0.15) is 0 Å². The highest BCUT2D eigenvalue weighted by Gasteiger charge is 2.51. The molecule has 1 fully saturated rings. The third-order valence-corrected chi connectivity index (χ3v) is 6.25. The van der Waals surface area contributed by atoms with Crippen LogP contribution in [0.5, 0.6) is 0 Å². The molecule has 4 heteroatoms. The van der Waals surface area contributed by atoms with Gasteiger partial charge in [0.1, 0.15) is 0 Å². The maximum atomic E-state index is 5.11. The summed E-state index contributed by atoms with van der Waals surface area (Å²) in [5.41, 5.74) is 4.82. The third-order valence-electron chi connectivity index (χ3n) is 6.04. The maximum absolute atomic E-state index is 5.11. The monoisotopic (exact) mass is 301 g/mol. The van der Waals surface area contributed by atoms with Crippen molar-refractivity contribution in [2.45, 2.75) is 39.7 Å². The van der Waals surface area contributed by atoms with Gasteiger partial charge in [-0.15, -0.1) is 0 Å². The molecule has 2 heterocycles. The number of aromatic nitrogens is 2. The van der Waals surface area contributed by atoms with Crippen molar-refractivity contribution in [3.05, 3.63) is 33.9 Å². The molecule has 2 unspecified atom stereocenters. The van der Waals surface area contributed by atoms with E-state index in [0.717, 1.165) is 37.9 Å². The zero-order chi connectivity index (χ0) is 14.6. The maximum Gasteiger partial charge on any atom is 0.196 e. The smallest absolute Gasteiger partial charge is 0.196 e. The van der Waals surface area contributed by atoms with Gasteiger partial charge in [-0.05, 0) is 42.3 Å². The molecule has 112 valence electrons. The van der Waals surface area contributed by atoms with E-state index in [9.17, 15) is 0 Å². The summed E-state index contributed by atoms with van der Waals surface area (Å²) in [6.07, 6.45) is 8.25. The van der Waals surface area contributed by atoms with Gasteiger partial charge in [0.25, 0.3) is 0 Å². The summed E-state index contributed by atoms with van der Waals surface area (Å²) in [5, 5.41) is 0. The Bertz CT molecular complexity index is 658. The van der Waals surface area contributed by atoms with Crippen LogP contribution in [0.4, 0.5) is 0 Å². The first-order chi connectivity index (χ1) is 10.0. The summed E-state index contributed by atoms with van der Waals surface area (Å²) >= 11 is 5.11. The largest absolute Gasteiger partial charge is 0.334 e. The van der Waals surface area contributed by atoms with Gasteiger partial charge in [-0.3, -0.25) is 4.90 Å². The van der Waals surface area contributed by atoms with Crippen molar-refractivity contribution in [3.8, 4) is 0 Å². The molecule has 0 spiro atoms. The van der Waals surface area contributed by atoms with Gasteiger partial charge in [0.05, 0.1) is 0 Å². The van der Waals surface area contributed by atoms with Gasteiger partial charge >= 0.3 is 0 Å². The molecule has 2 atom stereocenters. The van der Waals surface area contributed by atoms with E-state index >= 15 is 0 Å². The van der Waals surface area contributed by atoms with Crippen LogP contribution in [0.1, 0.15) is 37.9 Å². The van der Waals surface area contributed by atoms with Crippen molar-refractivity contribution in [2.75, 3.05) is 13.1 Å². The number of rotatable bonds is 2. The lowest BCUT2D eigenvalue weighted by Gasteiger charge is -2.57. The van der Waals surface area contributed by atoms with Crippen molar-refractivity contribution >= 4 is 12.2 Å². The first kappa shape index (κ1) is 13.6. The standard InChI is InChI=1S/C17H23N3S/c1-17(2)13-4-3-11(14(17)7-13)9-20-6-5-15-12(10-20)8-18-16(21)19-15/h3,8,13-14H,4-7,9-10H2,1-2H3,(H,18,19,21). The van der Waals surface area contributed by atoms with Crippen molar-refractivity contribution < 1.29 is 0 Å². The van der Waals surface area contributed by atoms with Crippen LogP contribution in [0, 0.1) is 22.0 Å². The molecule has 0 radical (unpaired) electrons. The second kappa shape index (κ2) is 4.75. The lowest BCUT2D eigenvalue weighted by Crippen LogP contribution is -2.50. The van der Waals surface area contributed by atoms with E-state index in [4.69, 9.17) is 12.2 Å². The van der Waals surface area contributed by atoms with Gasteiger partial charge in [0.15, 0.2) is 4.77 Å². The average molecular weight is 301 g/mol. The Morgan fingerprint density at radius 1 is 1.48 bits per heavy atom. The summed E-state index contributed by atoms with van der Waals surface area (Å²) < 4.78 is 0.611. The number of aromatic amines is 1. The summed E-state index contributed by atoms with van der Waals surface area (Å²) in [6.45, 7) is 8.16. The Hall–Kier alpha value is -1.00. The highest BCUT2D eigenvalue weighted by atomic mass is 32.1. The van der Waals surface area contributed by atoms with E-state index in [0.29, 0.717) is 10.2 Å². The number of hydrogen-bond acceptors (Lipinski definition) is 3. The molecule has 0 amide bonds. The lowest BCUT2D eigenvalue weighted by atomic mass is 9.49. The summed E-state index contributed by atoms with van der Waals surface area (Å²) in [4.78, 5) is 10.1. The van der Waals surface area contributed by atoms with Crippen LogP contribution in [0.2, 0.25) is 0 Å². The second-order valence-electron chi connectivity index (χ2n) is 7.47. The predicted molar refractivity (Wildman–Crippen MR) is 86.5 cm³/mol. The molecule has 21 heavy (non-hydrogen) atoms. The summed E-state index contributed by atoms with van der Waals surface area (Å²) in [6, 6.07) is 0. The number of hydrogen-bond donors (Lipinski definition) is 1. The SMILES string of the molecule is CC1(C)C2CC=C(CN3CCc4[nH]c(=S)ncc4C3)C1C2. The molecule has 3 nitrogen and oxygen atoms in total. The molecule has 1 aromatic heterocycles. The van der Waals surface area contributed by atoms with E-state index in [1.807, 2.05) is 6.20 Å². The van der Waals surface area contributed by atoms with Gasteiger partial charge < -0.3 is 4.98 Å². The van der Waals surface area contributed by atoms with E-state index < -0.39 is 0 Å². The highest BCUT2D eigenvalue weighted by molar-refractivity contribution is 7.71. The Morgan fingerprint density at radius 2 is 2.33 bits per heavy atom. The Kier molecular flexibility index (Phi) is 3.09. The van der Waals surface area contributed by atoms with Gasteiger partial charge in [-0.1, -0.05) is 25.5 Å². The quantitative estimate of drug-likeness (QED) is 0.670. The van der Waals surface area contributed by atoms with Crippen LogP contribution in [-0.4, -0.2) is 28.0 Å². The number of H-pyrrole nitrogens is 1. The van der Waals surface area contributed by atoms with E-state index in [1.54, 1.807) is 5.57 Å². The van der Waals surface area contributed by atoms with Crippen molar-refractivity contribution in [1.82, 2.24) is 14.9 Å². The van der Waals surface area contributed by atoms with Crippen LogP contribution in [-0.2, 0) is 13.0 Å². The number of nitrogens with one attached hydrogen (secondary N) is 1. The van der Waals surface area contributed by atoms with Crippen molar-refractivity contribution in [3.63, 3.8) is 0 Å². The zero-order valence-electron chi connectivity index (χ0n) is 12.9. The lowest BCUT2D eigenvalue weighted by molar-refractivity contribution is -0.0110. The predicted octanol–water partition coefficient (Wildman–Crippen LogP) is 3.49. The minimum absolute atomic E-state index is 0.532. The fourth-order valence-electron chi connectivity index (χ4n) is 4.45. The second-order valence-corrected chi connectivity index (χ2v) is 7.86. The molecule has 1 N–H and O–H groups in total. The summed E-state index contributed by atoms with van der Waals surface area (Å²) in [5.74, 6) is 1.75. The van der Waals surface area contributed by atoms with Gasteiger partial charge in [0.2, 0.25) is 0 Å². The molecule has 0 saturated heterocycles. The van der Waals surface area contributed by atoms with E-state index in [2.05, 4.69) is 34.8 Å². The number of fused-ring (bicyclic) bond motifs is 2. The molecule has 5 rings (SSSR count). The third kappa shape index (κ3) is 2.20. The van der Waals surface area contributed by atoms with Gasteiger partial charge in [-0.25, -0.2) is 4.98 Å². The molecule has 2 bridgehead atoms. The Labute approximate surface area is 131 Å². The van der Waals surface area contributed by atoms with E-state index in [-0.39, 0.29) is 0 Å². The molecule has 1 aliphatic heterocycles. The normalized spacial score (nSPS) is 30.3. The minimum atomic E-state index is 0.532. The first-order valence-corrected chi connectivity index (χ1v) is 8.43. The highest BCUT2D eigenvalue weighted by Crippen LogP contribution is 2.59. The van der Waals surface area contributed by atoms with Crippen molar-refractivity contribution in [1.29, 1.82) is 0 Å². The molecule has 0 aromatic carbocycles. The molecular formula is C17H23N3S. The van der Waals surface area contributed by atoms with E-state index in [1.165, 1.54) is 24.1 Å². The minimum Gasteiger partial charge on any atom is -0.334 e. The zero-order valence-corrected chi connectivity index (χ0v) is 13.7. The van der Waals surface area contributed by atoms with Crippen LogP contribution >= 0.6 is 12.2 Å². The van der Waals surface area contributed by atoms with Crippen LogP contribution in [0.15, 0.2) is 17.8 Å². The topological polar surface area (TPSA) is 31.9 Å². The van der Waals surface area contributed by atoms with Crippen molar-refractivity contribution in [2.24, 2.45) is 17.3 Å². The van der Waals surface area contributed by atoms with Crippen LogP contribution in [0.25, 0.3) is 0 Å². The van der Waals surface area contributed by atoms with Crippen LogP contribution < -0.4 is 0 Å². The molecule has 3 aliphatic carbocycles. The molecule has 1 aromatic rings. The fraction of sp³-hybridized carbons (Fsp3) is 0.647. The van der Waals surface area contributed by atoms with Crippen LogP contribution in [0.3, 0.4) is 0 Å². The molecular weight excluding hydrogens is 278 g/mol. The molecule has 1 saturated carbocycles. The Morgan fingerprint density at radius 3 is 3.10 bits per heavy atom. The first-order valence-electron chi connectivity index (χ1n) is 8.02.